The lowest BCUT2D eigenvalue weighted by Crippen LogP contribution is -1.99. The Morgan fingerprint density at radius 1 is 1.20 bits per heavy atom. The number of nitrogens with zero attached hydrogens (tertiary/aromatic N) is 1. The fourth-order valence-corrected chi connectivity index (χ4v) is 1.94. The lowest BCUT2D eigenvalue weighted by atomic mass is 10.2. The fourth-order valence-electron chi connectivity index (χ4n) is 1.69. The van der Waals surface area contributed by atoms with Crippen LogP contribution in [0.3, 0.4) is 0 Å². The van der Waals surface area contributed by atoms with Gasteiger partial charge < -0.3 is 15.2 Å². The van der Waals surface area contributed by atoms with Gasteiger partial charge in [-0.1, -0.05) is 17.7 Å². The van der Waals surface area contributed by atoms with Gasteiger partial charge in [-0.2, -0.15) is 5.26 Å². The Bertz CT molecular complexity index is 665. The average Bonchev–Trinajstić information content (AvgIpc) is 2.46. The number of ether oxygens (including phenoxy) is 2. The summed E-state index contributed by atoms with van der Waals surface area (Å²) < 4.78 is 10.9. The van der Waals surface area contributed by atoms with E-state index in [9.17, 15) is 0 Å². The van der Waals surface area contributed by atoms with E-state index in [0.717, 1.165) is 5.56 Å². The summed E-state index contributed by atoms with van der Waals surface area (Å²) in [7, 11) is 1.53. The van der Waals surface area contributed by atoms with Gasteiger partial charge in [0.2, 0.25) is 0 Å². The van der Waals surface area contributed by atoms with E-state index in [4.69, 9.17) is 32.1 Å². The van der Waals surface area contributed by atoms with Crippen LogP contribution in [0.2, 0.25) is 5.02 Å². The molecule has 0 amide bonds. The molecule has 0 atom stereocenters. The van der Waals surface area contributed by atoms with E-state index < -0.39 is 0 Å². The summed E-state index contributed by atoms with van der Waals surface area (Å²) in [6, 6.07) is 12.3. The summed E-state index contributed by atoms with van der Waals surface area (Å²) in [5.74, 6) is 1.06. The van der Waals surface area contributed by atoms with Crippen molar-refractivity contribution in [1.82, 2.24) is 0 Å². The number of nitrogen functional groups attached to an aromatic ring is 1. The first-order chi connectivity index (χ1) is 9.63. The molecule has 0 bridgehead atoms. The molecule has 0 aromatic heterocycles. The molecule has 0 aliphatic carbocycles. The smallest absolute Gasteiger partial charge is 0.162 e. The van der Waals surface area contributed by atoms with Crippen molar-refractivity contribution in [3.8, 4) is 17.6 Å². The van der Waals surface area contributed by atoms with Gasteiger partial charge in [0.15, 0.2) is 11.5 Å². The second-order valence-electron chi connectivity index (χ2n) is 4.12. The molecule has 0 saturated heterocycles. The third-order valence-electron chi connectivity index (χ3n) is 2.75. The third-order valence-corrected chi connectivity index (χ3v) is 3.10. The Hall–Kier alpha value is -2.38. The summed E-state index contributed by atoms with van der Waals surface area (Å²) in [6.45, 7) is 0.293. The normalized spacial score (nSPS) is 9.85. The van der Waals surface area contributed by atoms with E-state index in [1.807, 2.05) is 12.1 Å². The molecule has 5 heteroatoms. The molecule has 2 N–H and O–H groups in total. The van der Waals surface area contributed by atoms with Crippen LogP contribution in [-0.4, -0.2) is 7.11 Å². The van der Waals surface area contributed by atoms with E-state index in [1.165, 1.54) is 7.11 Å². The van der Waals surface area contributed by atoms with E-state index in [0.29, 0.717) is 34.4 Å². The summed E-state index contributed by atoms with van der Waals surface area (Å²) >= 11 is 6.08. The van der Waals surface area contributed by atoms with Crippen LogP contribution in [-0.2, 0) is 6.61 Å². The molecule has 0 fully saturated rings. The molecule has 0 heterocycles. The first-order valence-corrected chi connectivity index (χ1v) is 6.26. The van der Waals surface area contributed by atoms with Crippen LogP contribution >= 0.6 is 11.6 Å². The van der Waals surface area contributed by atoms with Crippen molar-refractivity contribution in [2.24, 2.45) is 0 Å². The Morgan fingerprint density at radius 2 is 2.00 bits per heavy atom. The number of anilines is 1. The van der Waals surface area contributed by atoms with E-state index >= 15 is 0 Å². The predicted molar refractivity (Wildman–Crippen MR) is 77.9 cm³/mol. The van der Waals surface area contributed by atoms with Crippen LogP contribution in [0.4, 0.5) is 5.69 Å². The number of nitrogens with two attached hydrogens (primary N) is 1. The average molecular weight is 289 g/mol. The molecule has 4 nitrogen and oxygen atoms in total. The van der Waals surface area contributed by atoms with E-state index in [2.05, 4.69) is 0 Å². The van der Waals surface area contributed by atoms with Gasteiger partial charge in [0.05, 0.1) is 18.7 Å². The van der Waals surface area contributed by atoms with Gasteiger partial charge >= 0.3 is 0 Å². The van der Waals surface area contributed by atoms with Gasteiger partial charge in [-0.05, 0) is 24.3 Å². The van der Waals surface area contributed by atoms with Crippen LogP contribution in [0.25, 0.3) is 0 Å². The lowest BCUT2D eigenvalue weighted by molar-refractivity contribution is 0.284. The van der Waals surface area contributed by atoms with E-state index in [-0.39, 0.29) is 0 Å². The SMILES string of the molecule is COc1cc(C#N)ccc1OCc1ccc(N)cc1Cl. The lowest BCUT2D eigenvalue weighted by Gasteiger charge is -2.12. The van der Waals surface area contributed by atoms with Gasteiger partial charge in [0, 0.05) is 22.3 Å². The standard InChI is InChI=1S/C15H13ClN2O2/c1-19-15-6-10(8-17)2-5-14(15)20-9-11-3-4-12(18)7-13(11)16/h2-7H,9,18H2,1H3. The molecule has 20 heavy (non-hydrogen) atoms. The summed E-state index contributed by atoms with van der Waals surface area (Å²) in [6.07, 6.45) is 0. The molecule has 2 aromatic rings. The molecule has 0 unspecified atom stereocenters. The minimum atomic E-state index is 0.293. The highest BCUT2D eigenvalue weighted by atomic mass is 35.5. The number of benzene rings is 2. The zero-order valence-corrected chi connectivity index (χ0v) is 11.6. The minimum Gasteiger partial charge on any atom is -0.493 e. The number of methoxy groups -OCH3 is 1. The van der Waals surface area contributed by atoms with Crippen molar-refractivity contribution < 1.29 is 9.47 Å². The van der Waals surface area contributed by atoms with Crippen LogP contribution in [0, 0.1) is 11.3 Å². The molecule has 0 aliphatic heterocycles. The van der Waals surface area contributed by atoms with Crippen molar-refractivity contribution >= 4 is 17.3 Å². The predicted octanol–water partition coefficient (Wildman–Crippen LogP) is 3.38. The van der Waals surface area contributed by atoms with Crippen LogP contribution in [0.15, 0.2) is 36.4 Å². The van der Waals surface area contributed by atoms with E-state index in [1.54, 1.807) is 30.3 Å². The third kappa shape index (κ3) is 3.14. The number of halogens is 1. The van der Waals surface area contributed by atoms with Crippen LogP contribution < -0.4 is 15.2 Å². The Labute approximate surface area is 122 Å². The molecular weight excluding hydrogens is 276 g/mol. The molecule has 0 aliphatic rings. The second-order valence-corrected chi connectivity index (χ2v) is 4.52. The second kappa shape index (κ2) is 6.18. The van der Waals surface area contributed by atoms with Gasteiger partial charge in [0.25, 0.3) is 0 Å². The highest BCUT2D eigenvalue weighted by molar-refractivity contribution is 6.31. The van der Waals surface area contributed by atoms with Crippen molar-refractivity contribution in [3.63, 3.8) is 0 Å². The quantitative estimate of drug-likeness (QED) is 0.876. The molecule has 2 aromatic carbocycles. The maximum absolute atomic E-state index is 8.84. The topological polar surface area (TPSA) is 68.3 Å². The molecule has 0 radical (unpaired) electrons. The first-order valence-electron chi connectivity index (χ1n) is 5.89. The summed E-state index contributed by atoms with van der Waals surface area (Å²) in [4.78, 5) is 0. The van der Waals surface area contributed by atoms with Crippen LogP contribution in [0.1, 0.15) is 11.1 Å². The fraction of sp³-hybridized carbons (Fsp3) is 0.133. The van der Waals surface area contributed by atoms with Gasteiger partial charge in [0.1, 0.15) is 6.61 Å². The number of nitriles is 1. The molecule has 0 spiro atoms. The highest BCUT2D eigenvalue weighted by Crippen LogP contribution is 2.29. The van der Waals surface area contributed by atoms with Gasteiger partial charge in [-0.3, -0.25) is 0 Å². The monoisotopic (exact) mass is 288 g/mol. The number of hydrogen-bond acceptors (Lipinski definition) is 4. The molecule has 102 valence electrons. The highest BCUT2D eigenvalue weighted by Gasteiger charge is 2.07. The number of rotatable bonds is 4. The Morgan fingerprint density at radius 3 is 2.65 bits per heavy atom. The maximum atomic E-state index is 8.84. The zero-order chi connectivity index (χ0) is 14.5. The van der Waals surface area contributed by atoms with Crippen molar-refractivity contribution in [2.45, 2.75) is 6.61 Å². The summed E-state index contributed by atoms with van der Waals surface area (Å²) in [5, 5.41) is 9.40. The van der Waals surface area contributed by atoms with Crippen LogP contribution in [0.5, 0.6) is 11.5 Å². The van der Waals surface area contributed by atoms with Gasteiger partial charge in [-0.15, -0.1) is 0 Å². The van der Waals surface area contributed by atoms with Crippen molar-refractivity contribution in [1.29, 1.82) is 5.26 Å². The maximum Gasteiger partial charge on any atom is 0.162 e. The largest absolute Gasteiger partial charge is 0.493 e. The zero-order valence-electron chi connectivity index (χ0n) is 10.9. The Kier molecular flexibility index (Phi) is 4.34. The first kappa shape index (κ1) is 14.0. The molecular formula is C15H13ClN2O2. The minimum absolute atomic E-state index is 0.293. The Balaban J connectivity index is 2.16. The molecule has 2 rings (SSSR count). The number of hydrogen-bond donors (Lipinski definition) is 1. The molecule has 0 saturated carbocycles. The van der Waals surface area contributed by atoms with Crippen molar-refractivity contribution in [3.05, 3.63) is 52.5 Å². The van der Waals surface area contributed by atoms with Crippen molar-refractivity contribution in [2.75, 3.05) is 12.8 Å². The van der Waals surface area contributed by atoms with Gasteiger partial charge in [-0.25, -0.2) is 0 Å². The summed E-state index contributed by atoms with van der Waals surface area (Å²) in [5.41, 5.74) is 7.58.